The van der Waals surface area contributed by atoms with Gasteiger partial charge in [-0.2, -0.15) is 0 Å². The van der Waals surface area contributed by atoms with Gasteiger partial charge in [-0.15, -0.1) is 11.8 Å². The van der Waals surface area contributed by atoms with Crippen molar-refractivity contribution in [2.24, 2.45) is 0 Å². The van der Waals surface area contributed by atoms with Gasteiger partial charge in [0.15, 0.2) is 5.78 Å². The van der Waals surface area contributed by atoms with Crippen molar-refractivity contribution in [3.63, 3.8) is 0 Å². The van der Waals surface area contributed by atoms with Crippen molar-refractivity contribution in [1.29, 1.82) is 0 Å². The Morgan fingerprint density at radius 2 is 1.77 bits per heavy atom. The number of ketones is 1. The molecule has 2 rings (SSSR count). The highest BCUT2D eigenvalue weighted by atomic mass is 35.5. The zero-order valence-corrected chi connectivity index (χ0v) is 20.1. The molecule has 31 heavy (non-hydrogen) atoms. The third-order valence-corrected chi connectivity index (χ3v) is 6.64. The van der Waals surface area contributed by atoms with Crippen LogP contribution < -0.4 is 4.74 Å². The molecule has 2 aromatic rings. The van der Waals surface area contributed by atoms with Crippen LogP contribution in [0.3, 0.4) is 0 Å². The normalized spacial score (nSPS) is 12.4. The van der Waals surface area contributed by atoms with Crippen LogP contribution in [0.5, 0.6) is 5.75 Å². The van der Waals surface area contributed by atoms with Crippen molar-refractivity contribution >= 4 is 35.1 Å². The maximum absolute atomic E-state index is 13.6. The first kappa shape index (κ1) is 25.2. The van der Waals surface area contributed by atoms with Gasteiger partial charge >= 0.3 is 5.97 Å². The number of aliphatic hydroxyl groups excluding tert-OH is 1. The minimum absolute atomic E-state index is 0.0161. The summed E-state index contributed by atoms with van der Waals surface area (Å²) in [5.41, 5.74) is 3.04. The number of thioether (sulfide) groups is 1. The van der Waals surface area contributed by atoms with E-state index in [-0.39, 0.29) is 19.0 Å². The molecule has 1 unspecified atom stereocenters. The summed E-state index contributed by atoms with van der Waals surface area (Å²) >= 11 is 7.91. The van der Waals surface area contributed by atoms with Gasteiger partial charge in [0, 0.05) is 16.3 Å². The van der Waals surface area contributed by atoms with Crippen LogP contribution in [0.4, 0.5) is 0 Å². The smallest absolute Gasteiger partial charge is 0.321 e. The Morgan fingerprint density at radius 3 is 2.32 bits per heavy atom. The number of benzene rings is 2. The second-order valence-electron chi connectivity index (χ2n) is 7.69. The number of carbonyl (C=O) groups is 2. The zero-order chi connectivity index (χ0) is 23.2. The predicted molar refractivity (Wildman–Crippen MR) is 125 cm³/mol. The Morgan fingerprint density at radius 1 is 1.16 bits per heavy atom. The molecule has 2 aromatic carbocycles. The lowest BCUT2D eigenvalue weighted by molar-refractivity contribution is -0.148. The third kappa shape index (κ3) is 6.25. The largest absolute Gasteiger partial charge is 0.496 e. The Bertz CT molecular complexity index is 924. The van der Waals surface area contributed by atoms with E-state index < -0.39 is 16.6 Å². The van der Waals surface area contributed by atoms with Crippen LogP contribution in [0.15, 0.2) is 36.4 Å². The van der Waals surface area contributed by atoms with Crippen LogP contribution in [-0.4, -0.2) is 35.3 Å². The molecule has 0 heterocycles. The molecule has 0 aliphatic carbocycles. The Balaban J connectivity index is 2.37. The van der Waals surface area contributed by atoms with Gasteiger partial charge < -0.3 is 14.6 Å². The highest BCUT2D eigenvalue weighted by molar-refractivity contribution is 8.00. The molecule has 1 atom stereocenters. The van der Waals surface area contributed by atoms with Gasteiger partial charge in [0.1, 0.15) is 11.7 Å². The van der Waals surface area contributed by atoms with Crippen LogP contribution in [0.1, 0.15) is 48.9 Å². The molecule has 5 nitrogen and oxygen atoms in total. The maximum atomic E-state index is 13.6. The molecule has 1 N–H and O–H groups in total. The number of Topliss-reactive ketones (excluding diaryl/α,β-unsaturated/α-hetero) is 1. The van der Waals surface area contributed by atoms with E-state index >= 15 is 0 Å². The molecule has 0 aliphatic heterocycles. The molecule has 168 valence electrons. The number of hydrogen-bond acceptors (Lipinski definition) is 6. The molecule has 7 heteroatoms. The first-order chi connectivity index (χ1) is 14.6. The maximum Gasteiger partial charge on any atom is 0.321 e. The number of hydrogen-bond donors (Lipinski definition) is 1. The highest BCUT2D eigenvalue weighted by Gasteiger charge is 2.42. The van der Waals surface area contributed by atoms with Crippen molar-refractivity contribution in [1.82, 2.24) is 0 Å². The number of carbonyl (C=O) groups excluding carboxylic acids is 2. The van der Waals surface area contributed by atoms with Gasteiger partial charge in [-0.25, -0.2) is 0 Å². The number of aliphatic hydroxyl groups is 1. The first-order valence-electron chi connectivity index (χ1n) is 10.0. The van der Waals surface area contributed by atoms with Crippen molar-refractivity contribution in [2.75, 3.05) is 13.7 Å². The average Bonchev–Trinajstić information content (AvgIpc) is 2.74. The monoisotopic (exact) mass is 464 g/mol. The fourth-order valence-electron chi connectivity index (χ4n) is 3.18. The van der Waals surface area contributed by atoms with Crippen molar-refractivity contribution in [2.45, 2.75) is 50.7 Å². The Kier molecular flexibility index (Phi) is 8.98. The summed E-state index contributed by atoms with van der Waals surface area (Å²) in [5, 5.41) is 9.49. The Labute approximate surface area is 193 Å². The van der Waals surface area contributed by atoms with Gasteiger partial charge in [-0.05, 0) is 56.5 Å². The minimum atomic E-state index is -1.19. The van der Waals surface area contributed by atoms with Crippen LogP contribution in [0, 0.1) is 6.92 Å². The van der Waals surface area contributed by atoms with Gasteiger partial charge in [0.25, 0.3) is 0 Å². The fourth-order valence-corrected chi connectivity index (χ4v) is 4.53. The topological polar surface area (TPSA) is 72.8 Å². The van der Waals surface area contributed by atoms with E-state index in [1.807, 2.05) is 31.2 Å². The van der Waals surface area contributed by atoms with E-state index in [9.17, 15) is 14.7 Å². The van der Waals surface area contributed by atoms with Gasteiger partial charge in [-0.3, -0.25) is 9.59 Å². The second kappa shape index (κ2) is 11.0. The standard InChI is InChI=1S/C24H29ClO5S/c1-6-30-23(28)21(20-18(25)11-15(2)12-19(20)29-5)22(27)24(3,4)31-14-17-9-7-16(13-26)8-10-17/h7-12,21,26H,6,13-14H2,1-5H3. The average molecular weight is 465 g/mol. The SMILES string of the molecule is CCOC(=O)C(C(=O)C(C)(C)SCc1ccc(CO)cc1)c1c(Cl)cc(C)cc1OC. The minimum Gasteiger partial charge on any atom is -0.496 e. The lowest BCUT2D eigenvalue weighted by Crippen LogP contribution is -2.38. The molecule has 0 aromatic heterocycles. The van der Waals surface area contributed by atoms with Gasteiger partial charge in [0.05, 0.1) is 25.1 Å². The number of ether oxygens (including phenoxy) is 2. The molecular formula is C24H29ClO5S. The zero-order valence-electron chi connectivity index (χ0n) is 18.5. The molecular weight excluding hydrogens is 436 g/mol. The highest BCUT2D eigenvalue weighted by Crippen LogP contribution is 2.41. The van der Waals surface area contributed by atoms with Gasteiger partial charge in [0.2, 0.25) is 0 Å². The number of esters is 1. The summed E-state index contributed by atoms with van der Waals surface area (Å²) in [6.45, 7) is 7.29. The van der Waals surface area contributed by atoms with E-state index in [0.29, 0.717) is 22.1 Å². The lowest BCUT2D eigenvalue weighted by atomic mass is 9.87. The molecule has 0 spiro atoms. The van der Waals surface area contributed by atoms with E-state index in [1.165, 1.54) is 18.9 Å². The summed E-state index contributed by atoms with van der Waals surface area (Å²) in [5.74, 6) is -1.18. The fraction of sp³-hybridized carbons (Fsp3) is 0.417. The number of methoxy groups -OCH3 is 1. The van der Waals surface area contributed by atoms with E-state index in [2.05, 4.69) is 0 Å². The van der Waals surface area contributed by atoms with Gasteiger partial charge in [-0.1, -0.05) is 35.9 Å². The molecule has 0 aliphatic rings. The second-order valence-corrected chi connectivity index (χ2v) is 9.69. The van der Waals surface area contributed by atoms with Crippen LogP contribution in [0.2, 0.25) is 5.02 Å². The van der Waals surface area contributed by atoms with E-state index in [1.54, 1.807) is 32.9 Å². The number of aryl methyl sites for hydroxylation is 1. The quantitative estimate of drug-likeness (QED) is 0.390. The molecule has 0 saturated heterocycles. The molecule has 0 saturated carbocycles. The summed E-state index contributed by atoms with van der Waals surface area (Å²) in [4.78, 5) is 26.5. The predicted octanol–water partition coefficient (Wildman–Crippen LogP) is 5.08. The lowest BCUT2D eigenvalue weighted by Gasteiger charge is -2.28. The Hall–Kier alpha value is -2.02. The summed E-state index contributed by atoms with van der Waals surface area (Å²) in [7, 11) is 1.48. The summed E-state index contributed by atoms with van der Waals surface area (Å²) in [6.07, 6.45) is 0. The van der Waals surface area contributed by atoms with Crippen molar-refractivity contribution in [3.8, 4) is 5.75 Å². The number of halogens is 1. The van der Waals surface area contributed by atoms with Crippen LogP contribution >= 0.6 is 23.4 Å². The summed E-state index contributed by atoms with van der Waals surface area (Å²) in [6, 6.07) is 11.0. The molecule has 0 fully saturated rings. The molecule has 0 amide bonds. The number of rotatable bonds is 10. The molecule has 0 radical (unpaired) electrons. The third-order valence-electron chi connectivity index (χ3n) is 4.93. The summed E-state index contributed by atoms with van der Waals surface area (Å²) < 4.78 is 9.80. The first-order valence-corrected chi connectivity index (χ1v) is 11.4. The molecule has 0 bridgehead atoms. The van der Waals surface area contributed by atoms with Crippen LogP contribution in [0.25, 0.3) is 0 Å². The van der Waals surface area contributed by atoms with Crippen molar-refractivity contribution < 1.29 is 24.2 Å². The van der Waals surface area contributed by atoms with Crippen molar-refractivity contribution in [3.05, 3.63) is 63.7 Å². The van der Waals surface area contributed by atoms with E-state index in [4.69, 9.17) is 21.1 Å². The van der Waals surface area contributed by atoms with E-state index in [0.717, 1.165) is 16.7 Å². The van der Waals surface area contributed by atoms with Crippen LogP contribution in [-0.2, 0) is 26.7 Å².